The SMILES string of the molecule is c1ccc(-c2nc(-c3ccccc3)nc(-c3ccc4c5c(ccc6c7ccccc7n(-c7ccccc7)c65)n(-c5ccc6c7ccccc7n(-c7ccccc7)c6c5)c4c3)n2)cc1. The normalized spacial score (nSPS) is 11.8. The molecule has 0 saturated heterocycles. The molecule has 13 aromatic rings. The fourth-order valence-corrected chi connectivity index (χ4v) is 9.71. The molecule has 0 aliphatic heterocycles. The van der Waals surface area contributed by atoms with Crippen LogP contribution in [0.15, 0.2) is 218 Å². The van der Waals surface area contributed by atoms with E-state index in [4.69, 9.17) is 15.0 Å². The molecule has 0 fully saturated rings. The Morgan fingerprint density at radius 2 is 0.698 bits per heavy atom. The van der Waals surface area contributed by atoms with Crippen molar-refractivity contribution in [1.29, 1.82) is 0 Å². The Kier molecular flexibility index (Phi) is 7.80. The zero-order chi connectivity index (χ0) is 41.4. The highest BCUT2D eigenvalue weighted by atomic mass is 15.0. The van der Waals surface area contributed by atoms with Gasteiger partial charge in [-0.3, -0.25) is 0 Å². The standard InChI is InChI=1S/C57H36N6/c1-5-17-37(18-6-1)55-58-56(38-19-7-2-8-20-38)60-57(59-55)39-29-31-47-51(35-39)62(42-30-32-45-43-25-13-15-27-48(43)61(52(45)36-42)40-21-9-3-10-22-40)50-34-33-46-44-26-14-16-28-49(44)63(54(46)53(47)50)41-23-11-4-12-24-41/h1-36H. The van der Waals surface area contributed by atoms with Crippen molar-refractivity contribution in [3.63, 3.8) is 0 Å². The van der Waals surface area contributed by atoms with Crippen LogP contribution in [0, 0.1) is 0 Å². The molecule has 4 heterocycles. The second-order valence-electron chi connectivity index (χ2n) is 16.0. The van der Waals surface area contributed by atoms with Gasteiger partial charge < -0.3 is 13.7 Å². The van der Waals surface area contributed by atoms with Gasteiger partial charge in [0.05, 0.1) is 33.1 Å². The molecule has 9 aromatic carbocycles. The highest BCUT2D eigenvalue weighted by molar-refractivity contribution is 6.26. The van der Waals surface area contributed by atoms with Gasteiger partial charge in [-0.2, -0.15) is 0 Å². The molecule has 6 nitrogen and oxygen atoms in total. The summed E-state index contributed by atoms with van der Waals surface area (Å²) in [5.41, 5.74) is 12.9. The predicted molar refractivity (Wildman–Crippen MR) is 259 cm³/mol. The number of aromatic nitrogens is 6. The Morgan fingerprint density at radius 3 is 1.33 bits per heavy atom. The van der Waals surface area contributed by atoms with Crippen LogP contribution in [0.25, 0.3) is 117 Å². The molecule has 4 aromatic heterocycles. The Hall–Kier alpha value is -8.61. The summed E-state index contributed by atoms with van der Waals surface area (Å²) in [5, 5.41) is 7.18. The minimum Gasteiger partial charge on any atom is -0.309 e. The van der Waals surface area contributed by atoms with Crippen molar-refractivity contribution in [3.05, 3.63) is 218 Å². The van der Waals surface area contributed by atoms with Crippen LogP contribution in [0.1, 0.15) is 0 Å². The van der Waals surface area contributed by atoms with Gasteiger partial charge in [0.2, 0.25) is 0 Å². The van der Waals surface area contributed by atoms with Crippen molar-refractivity contribution in [2.24, 2.45) is 0 Å². The summed E-state index contributed by atoms with van der Waals surface area (Å²) >= 11 is 0. The summed E-state index contributed by atoms with van der Waals surface area (Å²) in [6.45, 7) is 0. The van der Waals surface area contributed by atoms with Gasteiger partial charge in [-0.1, -0.05) is 158 Å². The third kappa shape index (κ3) is 5.48. The van der Waals surface area contributed by atoms with Gasteiger partial charge >= 0.3 is 0 Å². The number of fused-ring (bicyclic) bond motifs is 10. The van der Waals surface area contributed by atoms with Crippen LogP contribution in [0.3, 0.4) is 0 Å². The third-order valence-electron chi connectivity index (χ3n) is 12.5. The smallest absolute Gasteiger partial charge is 0.164 e. The maximum Gasteiger partial charge on any atom is 0.164 e. The van der Waals surface area contributed by atoms with Crippen molar-refractivity contribution in [1.82, 2.24) is 28.7 Å². The first-order valence-corrected chi connectivity index (χ1v) is 21.3. The topological polar surface area (TPSA) is 53.5 Å². The largest absolute Gasteiger partial charge is 0.309 e. The monoisotopic (exact) mass is 804 g/mol. The average Bonchev–Trinajstić information content (AvgIpc) is 4.00. The number of benzene rings is 9. The van der Waals surface area contributed by atoms with Gasteiger partial charge in [-0.05, 0) is 60.7 Å². The number of hydrogen-bond acceptors (Lipinski definition) is 3. The van der Waals surface area contributed by atoms with E-state index in [1.807, 2.05) is 36.4 Å². The molecule has 0 aliphatic carbocycles. The molecule has 0 radical (unpaired) electrons. The quantitative estimate of drug-likeness (QED) is 0.168. The van der Waals surface area contributed by atoms with E-state index in [0.717, 1.165) is 55.7 Å². The molecule has 6 heteroatoms. The van der Waals surface area contributed by atoms with E-state index in [0.29, 0.717) is 17.5 Å². The van der Waals surface area contributed by atoms with E-state index in [-0.39, 0.29) is 0 Å². The zero-order valence-corrected chi connectivity index (χ0v) is 34.0. The summed E-state index contributed by atoms with van der Waals surface area (Å²) in [7, 11) is 0. The van der Waals surface area contributed by atoms with Gasteiger partial charge in [0, 0.05) is 66.1 Å². The molecule has 0 amide bonds. The fourth-order valence-electron chi connectivity index (χ4n) is 9.71. The average molecular weight is 805 g/mol. The first-order valence-electron chi connectivity index (χ1n) is 21.3. The number of rotatable bonds is 6. The van der Waals surface area contributed by atoms with E-state index < -0.39 is 0 Å². The van der Waals surface area contributed by atoms with E-state index in [9.17, 15) is 0 Å². The van der Waals surface area contributed by atoms with E-state index >= 15 is 0 Å². The predicted octanol–water partition coefficient (Wildman–Crippen LogP) is 14.2. The highest BCUT2D eigenvalue weighted by Crippen LogP contribution is 2.44. The van der Waals surface area contributed by atoms with Gasteiger partial charge in [0.1, 0.15) is 0 Å². The molecule has 0 spiro atoms. The maximum atomic E-state index is 5.17. The van der Waals surface area contributed by atoms with Crippen molar-refractivity contribution in [2.75, 3.05) is 0 Å². The molecule has 0 unspecified atom stereocenters. The van der Waals surface area contributed by atoms with E-state index in [2.05, 4.69) is 196 Å². The van der Waals surface area contributed by atoms with Crippen molar-refractivity contribution >= 4 is 65.4 Å². The van der Waals surface area contributed by atoms with Crippen LogP contribution in [-0.2, 0) is 0 Å². The molecular weight excluding hydrogens is 769 g/mol. The van der Waals surface area contributed by atoms with Gasteiger partial charge in [-0.25, -0.2) is 15.0 Å². The first-order chi connectivity index (χ1) is 31.3. The Bertz CT molecular complexity index is 3830. The summed E-state index contributed by atoms with van der Waals surface area (Å²) in [4.78, 5) is 15.3. The second kappa shape index (κ2) is 14.0. The minimum absolute atomic E-state index is 0.615. The van der Waals surface area contributed by atoms with Crippen LogP contribution in [0.5, 0.6) is 0 Å². The molecule has 0 bridgehead atoms. The molecule has 63 heavy (non-hydrogen) atoms. The van der Waals surface area contributed by atoms with Crippen LogP contribution in [0.4, 0.5) is 0 Å². The summed E-state index contributed by atoms with van der Waals surface area (Å²) in [6.07, 6.45) is 0. The molecule has 13 rings (SSSR count). The van der Waals surface area contributed by atoms with Gasteiger partial charge in [0.25, 0.3) is 0 Å². The van der Waals surface area contributed by atoms with E-state index in [1.54, 1.807) is 0 Å². The number of nitrogens with zero attached hydrogens (tertiary/aromatic N) is 6. The zero-order valence-electron chi connectivity index (χ0n) is 34.0. The highest BCUT2D eigenvalue weighted by Gasteiger charge is 2.23. The first kappa shape index (κ1) is 35.2. The lowest BCUT2D eigenvalue weighted by Crippen LogP contribution is -2.00. The van der Waals surface area contributed by atoms with Gasteiger partial charge in [-0.15, -0.1) is 0 Å². The minimum atomic E-state index is 0.615. The fraction of sp³-hybridized carbons (Fsp3) is 0. The lowest BCUT2D eigenvalue weighted by molar-refractivity contribution is 1.07. The lowest BCUT2D eigenvalue weighted by atomic mass is 10.1. The van der Waals surface area contributed by atoms with E-state index in [1.165, 1.54) is 43.5 Å². The molecule has 0 aliphatic rings. The molecule has 0 atom stereocenters. The Labute approximate surface area is 362 Å². The lowest BCUT2D eigenvalue weighted by Gasteiger charge is -2.12. The molecule has 0 saturated carbocycles. The van der Waals surface area contributed by atoms with Crippen molar-refractivity contribution in [3.8, 4) is 51.2 Å². The summed E-state index contributed by atoms with van der Waals surface area (Å²) < 4.78 is 7.26. The summed E-state index contributed by atoms with van der Waals surface area (Å²) in [5.74, 6) is 1.88. The Balaban J connectivity index is 1.15. The third-order valence-corrected chi connectivity index (χ3v) is 12.5. The van der Waals surface area contributed by atoms with Crippen molar-refractivity contribution in [2.45, 2.75) is 0 Å². The van der Waals surface area contributed by atoms with Crippen LogP contribution >= 0.6 is 0 Å². The van der Waals surface area contributed by atoms with Crippen LogP contribution in [-0.4, -0.2) is 28.7 Å². The van der Waals surface area contributed by atoms with Crippen molar-refractivity contribution < 1.29 is 0 Å². The van der Waals surface area contributed by atoms with Crippen LogP contribution in [0.2, 0.25) is 0 Å². The molecular formula is C57H36N6. The molecule has 294 valence electrons. The number of para-hydroxylation sites is 4. The second-order valence-corrected chi connectivity index (χ2v) is 16.0. The van der Waals surface area contributed by atoms with Gasteiger partial charge in [0.15, 0.2) is 17.5 Å². The summed E-state index contributed by atoms with van der Waals surface area (Å²) in [6, 6.07) is 77.4. The number of hydrogen-bond donors (Lipinski definition) is 0. The van der Waals surface area contributed by atoms with Crippen LogP contribution < -0.4 is 0 Å². The Morgan fingerprint density at radius 1 is 0.254 bits per heavy atom. The maximum absolute atomic E-state index is 5.17. The molecule has 0 N–H and O–H groups in total.